The fourth-order valence-corrected chi connectivity index (χ4v) is 1.88. The van der Waals surface area contributed by atoms with Crippen LogP contribution in [0.4, 0.5) is 10.6 Å². The number of nitrogens with one attached hydrogen (secondary N) is 1. The van der Waals surface area contributed by atoms with E-state index in [9.17, 15) is 4.79 Å². The van der Waals surface area contributed by atoms with Gasteiger partial charge in [-0.3, -0.25) is 0 Å². The fraction of sp³-hybridized carbons (Fsp3) is 0.188. The molecule has 1 aromatic heterocycles. The van der Waals surface area contributed by atoms with Crippen molar-refractivity contribution in [2.45, 2.75) is 13.0 Å². The molecule has 6 nitrogen and oxygen atoms in total. The molecule has 0 aliphatic rings. The SMILES string of the molecule is Nc1ncc(Cl)nc1C=CCCNC(=O)OCc1ccccc1. The van der Waals surface area contributed by atoms with E-state index in [0.29, 0.717) is 24.5 Å². The summed E-state index contributed by atoms with van der Waals surface area (Å²) >= 11 is 5.75. The van der Waals surface area contributed by atoms with Crippen LogP contribution in [0.2, 0.25) is 5.15 Å². The van der Waals surface area contributed by atoms with Gasteiger partial charge in [0.2, 0.25) is 0 Å². The highest BCUT2D eigenvalue weighted by Gasteiger charge is 2.01. The second-order valence-corrected chi connectivity index (χ2v) is 5.03. The Bertz CT molecular complexity index is 677. The molecule has 0 fully saturated rings. The van der Waals surface area contributed by atoms with Crippen molar-refractivity contribution in [3.63, 3.8) is 0 Å². The summed E-state index contributed by atoms with van der Waals surface area (Å²) in [5, 5.41) is 2.94. The minimum atomic E-state index is -0.454. The van der Waals surface area contributed by atoms with Crippen molar-refractivity contribution in [1.29, 1.82) is 0 Å². The van der Waals surface area contributed by atoms with Crippen LogP contribution in [-0.2, 0) is 11.3 Å². The topological polar surface area (TPSA) is 90.1 Å². The normalized spacial score (nSPS) is 10.7. The molecule has 0 saturated heterocycles. The summed E-state index contributed by atoms with van der Waals surface area (Å²) in [6.07, 6.45) is 5.08. The van der Waals surface area contributed by atoms with Crippen LogP contribution < -0.4 is 11.1 Å². The number of nitrogens with two attached hydrogens (primary N) is 1. The Kier molecular flexibility index (Phi) is 6.38. The summed E-state index contributed by atoms with van der Waals surface area (Å²) in [6, 6.07) is 9.49. The molecule has 2 rings (SSSR count). The Balaban J connectivity index is 1.67. The fourth-order valence-electron chi connectivity index (χ4n) is 1.74. The molecule has 0 bridgehead atoms. The second-order valence-electron chi connectivity index (χ2n) is 4.64. The molecule has 23 heavy (non-hydrogen) atoms. The first kappa shape index (κ1) is 16.8. The first-order chi connectivity index (χ1) is 11.1. The van der Waals surface area contributed by atoms with Crippen molar-refractivity contribution in [1.82, 2.24) is 15.3 Å². The van der Waals surface area contributed by atoms with E-state index in [-0.39, 0.29) is 11.8 Å². The molecule has 1 aromatic carbocycles. The number of carbonyl (C=O) groups excluding carboxylic acids is 1. The quantitative estimate of drug-likeness (QED) is 0.793. The van der Waals surface area contributed by atoms with Crippen molar-refractivity contribution in [3.05, 3.63) is 59.0 Å². The zero-order valence-corrected chi connectivity index (χ0v) is 13.2. The van der Waals surface area contributed by atoms with E-state index < -0.39 is 6.09 Å². The van der Waals surface area contributed by atoms with Gasteiger partial charge in [-0.15, -0.1) is 0 Å². The molecule has 1 heterocycles. The highest BCUT2D eigenvalue weighted by Crippen LogP contribution is 2.11. The number of halogens is 1. The molecule has 0 atom stereocenters. The minimum Gasteiger partial charge on any atom is -0.445 e. The summed E-state index contributed by atoms with van der Waals surface area (Å²) in [5.41, 5.74) is 7.12. The first-order valence-corrected chi connectivity index (χ1v) is 7.42. The number of rotatable bonds is 6. The van der Waals surface area contributed by atoms with Crippen molar-refractivity contribution >= 4 is 29.6 Å². The number of benzene rings is 1. The lowest BCUT2D eigenvalue weighted by Crippen LogP contribution is -2.24. The first-order valence-electron chi connectivity index (χ1n) is 7.04. The third-order valence-electron chi connectivity index (χ3n) is 2.87. The zero-order valence-electron chi connectivity index (χ0n) is 12.4. The maximum Gasteiger partial charge on any atom is 0.407 e. The molecule has 2 aromatic rings. The summed E-state index contributed by atoms with van der Waals surface area (Å²) in [5.74, 6) is 0.306. The van der Waals surface area contributed by atoms with E-state index >= 15 is 0 Å². The van der Waals surface area contributed by atoms with Gasteiger partial charge in [0.15, 0.2) is 0 Å². The molecular weight excluding hydrogens is 316 g/mol. The van der Waals surface area contributed by atoms with Gasteiger partial charge in [0.1, 0.15) is 23.3 Å². The summed E-state index contributed by atoms with van der Waals surface area (Å²) in [6.45, 7) is 0.690. The molecule has 3 N–H and O–H groups in total. The Morgan fingerprint density at radius 2 is 2.13 bits per heavy atom. The van der Waals surface area contributed by atoms with E-state index in [1.165, 1.54) is 6.20 Å². The van der Waals surface area contributed by atoms with Gasteiger partial charge in [0.05, 0.1) is 6.20 Å². The number of ether oxygens (including phenoxy) is 1. The standard InChI is InChI=1S/C16H17ClN4O2/c17-14-10-20-15(18)13(21-14)8-4-5-9-19-16(22)23-11-12-6-2-1-3-7-12/h1-4,6-8,10H,5,9,11H2,(H2,18,20)(H,19,22). The molecule has 0 saturated carbocycles. The molecular formula is C16H17ClN4O2. The predicted octanol–water partition coefficient (Wildman–Crippen LogP) is 3.04. The Hall–Kier alpha value is -2.60. The number of anilines is 1. The van der Waals surface area contributed by atoms with Gasteiger partial charge in [0, 0.05) is 6.54 Å². The van der Waals surface area contributed by atoms with Gasteiger partial charge in [0.25, 0.3) is 0 Å². The number of hydrogen-bond donors (Lipinski definition) is 2. The van der Waals surface area contributed by atoms with E-state index in [0.717, 1.165) is 5.56 Å². The second kappa shape index (κ2) is 8.75. The number of hydrogen-bond acceptors (Lipinski definition) is 5. The molecule has 7 heteroatoms. The van der Waals surface area contributed by atoms with Crippen molar-refractivity contribution in [2.24, 2.45) is 0 Å². The van der Waals surface area contributed by atoms with Crippen LogP contribution in [-0.4, -0.2) is 22.6 Å². The number of aromatic nitrogens is 2. The molecule has 0 radical (unpaired) electrons. The summed E-state index contributed by atoms with van der Waals surface area (Å²) in [7, 11) is 0. The lowest BCUT2D eigenvalue weighted by atomic mass is 10.2. The number of carbonyl (C=O) groups is 1. The number of amides is 1. The van der Waals surface area contributed by atoms with Gasteiger partial charge >= 0.3 is 6.09 Å². The van der Waals surface area contributed by atoms with Gasteiger partial charge in [-0.1, -0.05) is 48.0 Å². The van der Waals surface area contributed by atoms with Gasteiger partial charge in [-0.2, -0.15) is 0 Å². The average molecular weight is 333 g/mol. The molecule has 0 aliphatic heterocycles. The highest BCUT2D eigenvalue weighted by molar-refractivity contribution is 6.29. The lowest BCUT2D eigenvalue weighted by molar-refractivity contribution is 0.140. The maximum atomic E-state index is 11.5. The van der Waals surface area contributed by atoms with Crippen LogP contribution >= 0.6 is 11.6 Å². The van der Waals surface area contributed by atoms with Crippen molar-refractivity contribution in [3.8, 4) is 0 Å². The smallest absolute Gasteiger partial charge is 0.407 e. The molecule has 0 unspecified atom stereocenters. The number of nitrogens with zero attached hydrogens (tertiary/aromatic N) is 2. The zero-order chi connectivity index (χ0) is 16.5. The minimum absolute atomic E-state index is 0.247. The van der Waals surface area contributed by atoms with Crippen LogP contribution in [0.1, 0.15) is 17.7 Å². The monoisotopic (exact) mass is 332 g/mol. The van der Waals surface area contributed by atoms with Crippen molar-refractivity contribution in [2.75, 3.05) is 12.3 Å². The van der Waals surface area contributed by atoms with Gasteiger partial charge in [-0.05, 0) is 18.1 Å². The third kappa shape index (κ3) is 5.96. The lowest BCUT2D eigenvalue weighted by Gasteiger charge is -2.05. The maximum absolute atomic E-state index is 11.5. The summed E-state index contributed by atoms with van der Waals surface area (Å²) < 4.78 is 5.09. The van der Waals surface area contributed by atoms with Crippen LogP contribution in [0.15, 0.2) is 42.6 Å². The van der Waals surface area contributed by atoms with E-state index in [1.807, 2.05) is 36.4 Å². The van der Waals surface area contributed by atoms with Crippen molar-refractivity contribution < 1.29 is 9.53 Å². The largest absolute Gasteiger partial charge is 0.445 e. The van der Waals surface area contributed by atoms with E-state index in [2.05, 4.69) is 15.3 Å². The van der Waals surface area contributed by atoms with Crippen LogP contribution in [0.3, 0.4) is 0 Å². The Morgan fingerprint density at radius 3 is 2.91 bits per heavy atom. The van der Waals surface area contributed by atoms with E-state index in [1.54, 1.807) is 6.08 Å². The predicted molar refractivity (Wildman–Crippen MR) is 89.7 cm³/mol. The average Bonchev–Trinajstić information content (AvgIpc) is 2.56. The summed E-state index contributed by atoms with van der Waals surface area (Å²) in [4.78, 5) is 19.5. The van der Waals surface area contributed by atoms with Crippen LogP contribution in [0, 0.1) is 0 Å². The Labute approximate surface area is 139 Å². The third-order valence-corrected chi connectivity index (χ3v) is 3.05. The highest BCUT2D eigenvalue weighted by atomic mass is 35.5. The van der Waals surface area contributed by atoms with Crippen LogP contribution in [0.5, 0.6) is 0 Å². The molecule has 0 spiro atoms. The Morgan fingerprint density at radius 1 is 1.35 bits per heavy atom. The van der Waals surface area contributed by atoms with Gasteiger partial charge in [-0.25, -0.2) is 14.8 Å². The van der Waals surface area contributed by atoms with Gasteiger partial charge < -0.3 is 15.8 Å². The molecule has 1 amide bonds. The van der Waals surface area contributed by atoms with Crippen LogP contribution in [0.25, 0.3) is 6.08 Å². The molecule has 120 valence electrons. The van der Waals surface area contributed by atoms with E-state index in [4.69, 9.17) is 22.1 Å². The number of nitrogen functional groups attached to an aromatic ring is 1. The number of alkyl carbamates (subject to hydrolysis) is 1. The molecule has 0 aliphatic carbocycles.